The van der Waals surface area contributed by atoms with Crippen LogP contribution >= 0.6 is 0 Å². The zero-order valence-corrected chi connectivity index (χ0v) is 11.4. The van der Waals surface area contributed by atoms with Gasteiger partial charge in [0.2, 0.25) is 5.91 Å². The minimum atomic E-state index is -0.503. The third-order valence-corrected chi connectivity index (χ3v) is 5.17. The van der Waals surface area contributed by atoms with Crippen molar-refractivity contribution in [2.45, 2.75) is 50.2 Å². The van der Waals surface area contributed by atoms with Crippen molar-refractivity contribution in [3.8, 4) is 0 Å². The first-order valence-corrected chi connectivity index (χ1v) is 7.53. The van der Waals surface area contributed by atoms with Crippen LogP contribution in [-0.2, 0) is 4.79 Å². The van der Waals surface area contributed by atoms with Crippen molar-refractivity contribution < 1.29 is 9.90 Å². The number of hydrogen-bond donors (Lipinski definition) is 2. The molecule has 0 radical (unpaired) electrons. The molecule has 106 valence electrons. The van der Waals surface area contributed by atoms with E-state index in [-0.39, 0.29) is 23.8 Å². The highest BCUT2D eigenvalue weighted by molar-refractivity contribution is 5.81. The van der Waals surface area contributed by atoms with Gasteiger partial charge in [0.15, 0.2) is 0 Å². The monoisotopic (exact) mass is 264 g/mol. The summed E-state index contributed by atoms with van der Waals surface area (Å²) in [5.74, 6) is 0.444. The summed E-state index contributed by atoms with van der Waals surface area (Å²) in [5.41, 5.74) is 5.32. The predicted molar refractivity (Wildman–Crippen MR) is 73.3 cm³/mol. The van der Waals surface area contributed by atoms with Crippen LogP contribution < -0.4 is 5.73 Å². The summed E-state index contributed by atoms with van der Waals surface area (Å²) < 4.78 is 0. The Morgan fingerprint density at radius 3 is 2.89 bits per heavy atom. The average molecular weight is 264 g/mol. The van der Waals surface area contributed by atoms with Crippen molar-refractivity contribution in [1.29, 1.82) is 0 Å². The Kier molecular flexibility index (Phi) is 3.39. The van der Waals surface area contributed by atoms with Crippen LogP contribution in [0.25, 0.3) is 0 Å². The maximum atomic E-state index is 12.5. The number of piperidine rings is 1. The van der Waals surface area contributed by atoms with Crippen molar-refractivity contribution in [3.05, 3.63) is 12.2 Å². The lowest BCUT2D eigenvalue weighted by Crippen LogP contribution is -2.55. The lowest BCUT2D eigenvalue weighted by molar-refractivity contribution is -0.146. The molecule has 4 nitrogen and oxygen atoms in total. The van der Waals surface area contributed by atoms with E-state index in [2.05, 4.69) is 0 Å². The summed E-state index contributed by atoms with van der Waals surface area (Å²) in [6.07, 6.45) is 9.65. The van der Waals surface area contributed by atoms with Crippen LogP contribution in [-0.4, -0.2) is 40.6 Å². The maximum Gasteiger partial charge on any atom is 0.229 e. The molecule has 0 aromatic heterocycles. The highest BCUT2D eigenvalue weighted by atomic mass is 16.3. The van der Waals surface area contributed by atoms with Crippen LogP contribution in [0.5, 0.6) is 0 Å². The first kappa shape index (κ1) is 13.1. The van der Waals surface area contributed by atoms with Gasteiger partial charge in [0.1, 0.15) is 0 Å². The fraction of sp³-hybridized carbons (Fsp3) is 0.800. The van der Waals surface area contributed by atoms with Gasteiger partial charge < -0.3 is 15.7 Å². The maximum absolute atomic E-state index is 12.5. The molecule has 0 spiro atoms. The summed E-state index contributed by atoms with van der Waals surface area (Å²) >= 11 is 0. The Labute approximate surface area is 114 Å². The minimum absolute atomic E-state index is 0.0327. The number of aliphatic hydroxyl groups is 1. The molecule has 3 N–H and O–H groups in total. The summed E-state index contributed by atoms with van der Waals surface area (Å²) in [5, 5.41) is 10.6. The van der Waals surface area contributed by atoms with Gasteiger partial charge in [0.25, 0.3) is 0 Å². The molecule has 0 aromatic carbocycles. The third-order valence-electron chi connectivity index (χ3n) is 5.17. The van der Waals surface area contributed by atoms with E-state index in [9.17, 15) is 9.90 Å². The Morgan fingerprint density at radius 2 is 2.16 bits per heavy atom. The van der Waals surface area contributed by atoms with Crippen LogP contribution in [0, 0.1) is 11.8 Å². The smallest absolute Gasteiger partial charge is 0.229 e. The second kappa shape index (κ2) is 4.91. The van der Waals surface area contributed by atoms with Crippen LogP contribution in [0.2, 0.25) is 0 Å². The van der Waals surface area contributed by atoms with Gasteiger partial charge in [-0.1, -0.05) is 25.0 Å². The van der Waals surface area contributed by atoms with E-state index in [0.717, 1.165) is 38.6 Å². The standard InChI is InChI=1S/C15H24N2O2/c16-13-5-4-11(9-13)14(18)17-8-7-15(19)6-2-1-3-12(15)10-17/h4-5,11-13,19H,1-3,6-10,16H2. The number of fused-ring (bicyclic) bond motifs is 1. The van der Waals surface area contributed by atoms with Crippen molar-refractivity contribution >= 4 is 5.91 Å². The van der Waals surface area contributed by atoms with Crippen molar-refractivity contribution in [1.82, 2.24) is 4.90 Å². The Hall–Kier alpha value is -0.870. The Bertz CT molecular complexity index is 396. The lowest BCUT2D eigenvalue weighted by Gasteiger charge is -2.47. The van der Waals surface area contributed by atoms with Crippen LogP contribution in [0.15, 0.2) is 12.2 Å². The molecular formula is C15H24N2O2. The molecular weight excluding hydrogens is 240 g/mol. The average Bonchev–Trinajstić information content (AvgIpc) is 2.83. The molecule has 1 heterocycles. The number of likely N-dealkylation sites (tertiary alicyclic amines) is 1. The SMILES string of the molecule is NC1C=CC(C(=O)N2CCC3(O)CCCCC3C2)C1. The summed E-state index contributed by atoms with van der Waals surface area (Å²) in [6.45, 7) is 1.43. The summed E-state index contributed by atoms with van der Waals surface area (Å²) in [4.78, 5) is 14.4. The van der Waals surface area contributed by atoms with Gasteiger partial charge in [-0.3, -0.25) is 4.79 Å². The third kappa shape index (κ3) is 2.43. The highest BCUT2D eigenvalue weighted by Gasteiger charge is 2.44. The normalized spacial score (nSPS) is 42.2. The molecule has 4 heteroatoms. The van der Waals surface area contributed by atoms with E-state index in [1.54, 1.807) is 0 Å². The van der Waals surface area contributed by atoms with E-state index in [1.165, 1.54) is 6.42 Å². The van der Waals surface area contributed by atoms with Crippen molar-refractivity contribution in [3.63, 3.8) is 0 Å². The molecule has 1 saturated heterocycles. The molecule has 1 aliphatic heterocycles. The first-order valence-electron chi connectivity index (χ1n) is 7.53. The van der Waals surface area contributed by atoms with Gasteiger partial charge in [-0.2, -0.15) is 0 Å². The van der Waals surface area contributed by atoms with Gasteiger partial charge in [-0.05, 0) is 25.7 Å². The topological polar surface area (TPSA) is 66.6 Å². The van der Waals surface area contributed by atoms with E-state index < -0.39 is 5.60 Å². The van der Waals surface area contributed by atoms with Crippen molar-refractivity contribution in [2.24, 2.45) is 17.6 Å². The number of carbonyl (C=O) groups is 1. The predicted octanol–water partition coefficient (Wildman–Crippen LogP) is 1.04. The number of rotatable bonds is 1. The molecule has 2 aliphatic carbocycles. The van der Waals surface area contributed by atoms with E-state index in [4.69, 9.17) is 5.73 Å². The quantitative estimate of drug-likeness (QED) is 0.696. The minimum Gasteiger partial charge on any atom is -0.389 e. The fourth-order valence-corrected chi connectivity index (χ4v) is 3.92. The van der Waals surface area contributed by atoms with E-state index in [0.29, 0.717) is 6.54 Å². The number of hydrogen-bond acceptors (Lipinski definition) is 3. The molecule has 2 fully saturated rings. The highest BCUT2D eigenvalue weighted by Crippen LogP contribution is 2.40. The Morgan fingerprint density at radius 1 is 1.32 bits per heavy atom. The Balaban J connectivity index is 1.64. The van der Waals surface area contributed by atoms with Gasteiger partial charge in [0, 0.05) is 25.0 Å². The molecule has 0 aromatic rings. The largest absolute Gasteiger partial charge is 0.389 e. The second-order valence-corrected chi connectivity index (χ2v) is 6.47. The zero-order chi connectivity index (χ0) is 13.5. The van der Waals surface area contributed by atoms with Gasteiger partial charge in [-0.25, -0.2) is 0 Å². The van der Waals surface area contributed by atoms with Crippen LogP contribution in [0.3, 0.4) is 0 Å². The van der Waals surface area contributed by atoms with Crippen LogP contribution in [0.4, 0.5) is 0 Å². The van der Waals surface area contributed by atoms with Gasteiger partial charge in [0.05, 0.1) is 11.5 Å². The zero-order valence-electron chi connectivity index (χ0n) is 11.4. The molecule has 3 rings (SSSR count). The first-order chi connectivity index (χ1) is 9.08. The molecule has 3 aliphatic rings. The molecule has 0 bridgehead atoms. The van der Waals surface area contributed by atoms with E-state index >= 15 is 0 Å². The molecule has 4 unspecified atom stereocenters. The van der Waals surface area contributed by atoms with Crippen LogP contribution in [0.1, 0.15) is 38.5 Å². The fourth-order valence-electron chi connectivity index (χ4n) is 3.92. The number of nitrogens with two attached hydrogens (primary N) is 1. The molecule has 19 heavy (non-hydrogen) atoms. The lowest BCUT2D eigenvalue weighted by atomic mass is 9.71. The van der Waals surface area contributed by atoms with Gasteiger partial charge >= 0.3 is 0 Å². The number of nitrogens with zero attached hydrogens (tertiary/aromatic N) is 1. The molecule has 4 atom stereocenters. The second-order valence-electron chi connectivity index (χ2n) is 6.47. The van der Waals surface area contributed by atoms with E-state index in [1.807, 2.05) is 17.1 Å². The summed E-state index contributed by atoms with van der Waals surface area (Å²) in [6, 6.07) is 0.0327. The van der Waals surface area contributed by atoms with Gasteiger partial charge in [-0.15, -0.1) is 0 Å². The summed E-state index contributed by atoms with van der Waals surface area (Å²) in [7, 11) is 0. The van der Waals surface area contributed by atoms with Crippen molar-refractivity contribution in [2.75, 3.05) is 13.1 Å². The molecule has 1 saturated carbocycles. The number of amides is 1. The molecule has 1 amide bonds. The number of carbonyl (C=O) groups excluding carboxylic acids is 1.